The van der Waals surface area contributed by atoms with Crippen molar-refractivity contribution in [1.82, 2.24) is 14.9 Å². The molecule has 2 rings (SSSR count). The van der Waals surface area contributed by atoms with Crippen molar-refractivity contribution in [1.29, 1.82) is 0 Å². The number of aromatic nitrogens is 3. The normalized spacial score (nSPS) is 11.5. The third-order valence-corrected chi connectivity index (χ3v) is 2.76. The molecule has 0 spiro atoms. The largest absolute Gasteiger partial charge is 0.351 e. The number of anilines is 1. The molecule has 0 saturated carbocycles. The van der Waals surface area contributed by atoms with Crippen molar-refractivity contribution in [3.63, 3.8) is 0 Å². The Kier molecular flexibility index (Phi) is 3.97. The molecule has 0 atom stereocenters. The van der Waals surface area contributed by atoms with Gasteiger partial charge < -0.3 is 16.6 Å². The average Bonchev–Trinajstić information content (AvgIpc) is 2.46. The van der Waals surface area contributed by atoms with Crippen molar-refractivity contribution in [2.24, 2.45) is 10.9 Å². The molecule has 2 aromatic heterocycles. The van der Waals surface area contributed by atoms with Crippen molar-refractivity contribution in [2.75, 3.05) is 17.3 Å². The van der Waals surface area contributed by atoms with Gasteiger partial charge in [-0.15, -0.1) is 5.10 Å². The van der Waals surface area contributed by atoms with Crippen LogP contribution in [-0.2, 0) is 6.54 Å². The van der Waals surface area contributed by atoms with E-state index in [9.17, 15) is 0 Å². The van der Waals surface area contributed by atoms with Crippen LogP contribution in [-0.4, -0.2) is 21.4 Å². The van der Waals surface area contributed by atoms with Crippen LogP contribution in [0.1, 0.15) is 12.5 Å². The standard InChI is InChI=1S/C12H17N7/c1-2-18(9-10-4-3-7-15-8-10)12-6-5-11(16-13)19(14)17-12/h3-8H,2,9,13-14H2,1H3/b16-11-. The molecule has 100 valence electrons. The van der Waals surface area contributed by atoms with Gasteiger partial charge >= 0.3 is 0 Å². The molecule has 0 aliphatic heterocycles. The first-order valence-electron chi connectivity index (χ1n) is 5.98. The van der Waals surface area contributed by atoms with Crippen LogP contribution in [0.3, 0.4) is 0 Å². The Labute approximate surface area is 111 Å². The predicted molar refractivity (Wildman–Crippen MR) is 73.1 cm³/mol. The zero-order valence-corrected chi connectivity index (χ0v) is 10.8. The lowest BCUT2D eigenvalue weighted by molar-refractivity contribution is 0.702. The van der Waals surface area contributed by atoms with Crippen molar-refractivity contribution < 1.29 is 0 Å². The molecule has 0 bridgehead atoms. The fourth-order valence-electron chi connectivity index (χ4n) is 1.76. The molecule has 0 aromatic carbocycles. The Bertz CT molecular complexity index is 591. The second-order valence-electron chi connectivity index (χ2n) is 4.00. The molecule has 0 saturated heterocycles. The Hall–Kier alpha value is -2.57. The van der Waals surface area contributed by atoms with Crippen LogP contribution >= 0.6 is 0 Å². The van der Waals surface area contributed by atoms with Crippen molar-refractivity contribution in [2.45, 2.75) is 13.5 Å². The van der Waals surface area contributed by atoms with Crippen molar-refractivity contribution >= 4 is 5.82 Å². The van der Waals surface area contributed by atoms with E-state index in [4.69, 9.17) is 11.7 Å². The van der Waals surface area contributed by atoms with Gasteiger partial charge in [0.05, 0.1) is 0 Å². The molecule has 0 aliphatic carbocycles. The van der Waals surface area contributed by atoms with Gasteiger partial charge in [-0.3, -0.25) is 4.98 Å². The fraction of sp³-hybridized carbons (Fsp3) is 0.250. The molecule has 2 heterocycles. The second-order valence-corrected chi connectivity index (χ2v) is 4.00. The molecular weight excluding hydrogens is 242 g/mol. The third kappa shape index (κ3) is 3.01. The summed E-state index contributed by atoms with van der Waals surface area (Å²) in [5, 5.41) is 7.76. The molecule has 0 fully saturated rings. The van der Waals surface area contributed by atoms with Gasteiger partial charge in [-0.25, -0.2) is 0 Å². The smallest absolute Gasteiger partial charge is 0.190 e. The monoisotopic (exact) mass is 259 g/mol. The first kappa shape index (κ1) is 12.9. The summed E-state index contributed by atoms with van der Waals surface area (Å²) in [6.07, 6.45) is 3.59. The highest BCUT2D eigenvalue weighted by Crippen LogP contribution is 2.11. The Morgan fingerprint density at radius 2 is 2.21 bits per heavy atom. The lowest BCUT2D eigenvalue weighted by Gasteiger charge is -2.21. The highest BCUT2D eigenvalue weighted by atomic mass is 15.5. The maximum Gasteiger partial charge on any atom is 0.190 e. The maximum absolute atomic E-state index is 5.71. The van der Waals surface area contributed by atoms with Gasteiger partial charge in [0.1, 0.15) is 0 Å². The van der Waals surface area contributed by atoms with Gasteiger partial charge in [0.2, 0.25) is 0 Å². The van der Waals surface area contributed by atoms with Gasteiger partial charge in [0.25, 0.3) is 0 Å². The summed E-state index contributed by atoms with van der Waals surface area (Å²) in [6, 6.07) is 7.51. The number of nitrogens with two attached hydrogens (primary N) is 2. The minimum atomic E-state index is 0.418. The molecule has 7 heteroatoms. The number of nitrogen functional groups attached to an aromatic ring is 1. The van der Waals surface area contributed by atoms with Crippen LogP contribution in [0.4, 0.5) is 5.82 Å². The summed E-state index contributed by atoms with van der Waals surface area (Å²) in [7, 11) is 0. The minimum Gasteiger partial charge on any atom is -0.351 e. The molecular formula is C12H17N7. The van der Waals surface area contributed by atoms with E-state index in [1.807, 2.05) is 24.4 Å². The van der Waals surface area contributed by atoms with Crippen molar-refractivity contribution in [3.05, 3.63) is 47.7 Å². The van der Waals surface area contributed by atoms with Crippen LogP contribution in [0.25, 0.3) is 0 Å². The van der Waals surface area contributed by atoms with Gasteiger partial charge in [0, 0.05) is 25.5 Å². The highest BCUT2D eigenvalue weighted by molar-refractivity contribution is 5.37. The van der Waals surface area contributed by atoms with E-state index in [0.717, 1.165) is 24.5 Å². The van der Waals surface area contributed by atoms with E-state index >= 15 is 0 Å². The third-order valence-electron chi connectivity index (χ3n) is 2.76. The molecule has 0 amide bonds. The SMILES string of the molecule is CCN(Cc1cccnc1)c1cc/c(=N/N)n(N)n1. The number of nitrogens with zero attached hydrogens (tertiary/aromatic N) is 5. The van der Waals surface area contributed by atoms with E-state index in [-0.39, 0.29) is 0 Å². The van der Waals surface area contributed by atoms with Crippen LogP contribution in [0.5, 0.6) is 0 Å². The molecule has 0 aliphatic rings. The maximum atomic E-state index is 5.71. The first-order chi connectivity index (χ1) is 9.24. The van der Waals surface area contributed by atoms with Crippen LogP contribution in [0, 0.1) is 0 Å². The lowest BCUT2D eigenvalue weighted by atomic mass is 10.2. The number of hydrogen-bond donors (Lipinski definition) is 2. The topological polar surface area (TPSA) is 98.4 Å². The molecule has 0 unspecified atom stereocenters. The molecule has 19 heavy (non-hydrogen) atoms. The Morgan fingerprint density at radius 1 is 1.37 bits per heavy atom. The number of hydrogen-bond acceptors (Lipinski definition) is 6. The molecule has 0 radical (unpaired) electrons. The molecule has 4 N–H and O–H groups in total. The summed E-state index contributed by atoms with van der Waals surface area (Å²) >= 11 is 0. The quantitative estimate of drug-likeness (QED) is 0.585. The fourth-order valence-corrected chi connectivity index (χ4v) is 1.76. The summed E-state index contributed by atoms with van der Waals surface area (Å²) in [6.45, 7) is 3.58. The van der Waals surface area contributed by atoms with Crippen molar-refractivity contribution in [3.8, 4) is 0 Å². The molecule has 7 nitrogen and oxygen atoms in total. The number of rotatable bonds is 4. The van der Waals surface area contributed by atoms with Crippen LogP contribution in [0.15, 0.2) is 41.8 Å². The Morgan fingerprint density at radius 3 is 2.79 bits per heavy atom. The summed E-state index contributed by atoms with van der Waals surface area (Å²) in [5.74, 6) is 11.7. The predicted octanol–water partition coefficient (Wildman–Crippen LogP) is -0.207. The van der Waals surface area contributed by atoms with E-state index in [0.29, 0.717) is 5.49 Å². The van der Waals surface area contributed by atoms with Crippen LogP contribution < -0.4 is 22.1 Å². The van der Waals surface area contributed by atoms with Gasteiger partial charge in [0.15, 0.2) is 11.3 Å². The molecule has 2 aromatic rings. The zero-order valence-electron chi connectivity index (χ0n) is 10.8. The zero-order chi connectivity index (χ0) is 13.7. The van der Waals surface area contributed by atoms with Gasteiger partial charge in [-0.1, -0.05) is 6.07 Å². The van der Waals surface area contributed by atoms with E-state index in [1.54, 1.807) is 12.3 Å². The second kappa shape index (κ2) is 5.85. The lowest BCUT2D eigenvalue weighted by Crippen LogP contribution is -2.34. The highest BCUT2D eigenvalue weighted by Gasteiger charge is 2.07. The minimum absolute atomic E-state index is 0.418. The summed E-state index contributed by atoms with van der Waals surface area (Å²) in [5.41, 5.74) is 1.53. The van der Waals surface area contributed by atoms with E-state index in [1.165, 1.54) is 4.79 Å². The van der Waals surface area contributed by atoms with E-state index in [2.05, 4.69) is 27.0 Å². The van der Waals surface area contributed by atoms with E-state index < -0.39 is 0 Å². The van der Waals surface area contributed by atoms with Gasteiger partial charge in [-0.05, 0) is 30.7 Å². The summed E-state index contributed by atoms with van der Waals surface area (Å²) < 4.78 is 0. The van der Waals surface area contributed by atoms with Gasteiger partial charge in [-0.2, -0.15) is 9.89 Å². The summed E-state index contributed by atoms with van der Waals surface area (Å²) in [4.78, 5) is 7.35. The van der Waals surface area contributed by atoms with Crippen LogP contribution in [0.2, 0.25) is 0 Å². The average molecular weight is 259 g/mol. The Balaban J connectivity index is 2.25. The number of pyridine rings is 1. The first-order valence-corrected chi connectivity index (χ1v) is 5.98.